The molecule has 1 atom stereocenters. The van der Waals surface area contributed by atoms with Crippen LogP contribution in [0.25, 0.3) is 0 Å². The van der Waals surface area contributed by atoms with Crippen LogP contribution in [-0.4, -0.2) is 26.1 Å². The molecule has 4 heteroatoms. The van der Waals surface area contributed by atoms with Crippen LogP contribution in [0.3, 0.4) is 0 Å². The molecule has 0 radical (unpaired) electrons. The number of hydrogen-bond donors (Lipinski definition) is 0. The smallest absolute Gasteiger partial charge is 0.178 e. The highest BCUT2D eigenvalue weighted by Gasteiger charge is 2.24. The molecule has 1 aromatic heterocycles. The highest BCUT2D eigenvalue weighted by Crippen LogP contribution is 2.26. The van der Waals surface area contributed by atoms with Crippen LogP contribution in [0.15, 0.2) is 11.4 Å². The van der Waals surface area contributed by atoms with Crippen molar-refractivity contribution >= 4 is 17.1 Å². The maximum absolute atomic E-state index is 12.0. The van der Waals surface area contributed by atoms with Crippen molar-refractivity contribution in [2.75, 3.05) is 20.3 Å². The van der Waals surface area contributed by atoms with E-state index in [-0.39, 0.29) is 11.7 Å². The van der Waals surface area contributed by atoms with Gasteiger partial charge in [-0.3, -0.25) is 4.79 Å². The molecular weight excluding hydrogens is 212 g/mol. The molecule has 1 saturated heterocycles. The Kier molecular flexibility index (Phi) is 3.38. The Hall–Kier alpha value is -0.870. The van der Waals surface area contributed by atoms with E-state index in [4.69, 9.17) is 9.47 Å². The Balaban J connectivity index is 2.05. The summed E-state index contributed by atoms with van der Waals surface area (Å²) < 4.78 is 10.4. The average Bonchev–Trinajstić information content (AvgIpc) is 2.78. The predicted molar refractivity (Wildman–Crippen MR) is 58.7 cm³/mol. The van der Waals surface area contributed by atoms with E-state index in [1.807, 2.05) is 11.4 Å². The molecule has 0 amide bonds. The minimum atomic E-state index is 0.0436. The second-order valence-corrected chi connectivity index (χ2v) is 4.54. The van der Waals surface area contributed by atoms with Gasteiger partial charge in [0.1, 0.15) is 5.75 Å². The molecular formula is C11H14O3S. The van der Waals surface area contributed by atoms with Gasteiger partial charge in [-0.15, -0.1) is 11.3 Å². The fourth-order valence-corrected chi connectivity index (χ4v) is 2.58. The summed E-state index contributed by atoms with van der Waals surface area (Å²) in [5.41, 5.74) is 0. The van der Waals surface area contributed by atoms with Gasteiger partial charge in [-0.25, -0.2) is 0 Å². The zero-order valence-corrected chi connectivity index (χ0v) is 9.51. The Morgan fingerprint density at radius 2 is 2.53 bits per heavy atom. The van der Waals surface area contributed by atoms with Crippen LogP contribution in [0.5, 0.6) is 5.75 Å². The molecule has 0 saturated carbocycles. The monoisotopic (exact) mass is 226 g/mol. The molecule has 1 fully saturated rings. The summed E-state index contributed by atoms with van der Waals surface area (Å²) in [6.07, 6.45) is 1.93. The highest BCUT2D eigenvalue weighted by molar-refractivity contribution is 7.12. The molecule has 2 heterocycles. The summed E-state index contributed by atoms with van der Waals surface area (Å²) >= 11 is 1.45. The van der Waals surface area contributed by atoms with Crippen LogP contribution in [0, 0.1) is 5.92 Å². The SMILES string of the molecule is COc1csc(C(=O)C2CCCOC2)c1. The molecule has 15 heavy (non-hydrogen) atoms. The third-order valence-corrected chi connectivity index (χ3v) is 3.51. The number of Topliss-reactive ketones (excluding diaryl/α,β-unsaturated/α-hetero) is 1. The molecule has 3 nitrogen and oxygen atoms in total. The van der Waals surface area contributed by atoms with Crippen molar-refractivity contribution in [3.8, 4) is 5.75 Å². The van der Waals surface area contributed by atoms with Crippen LogP contribution in [0.2, 0.25) is 0 Å². The van der Waals surface area contributed by atoms with Gasteiger partial charge in [-0.05, 0) is 12.8 Å². The number of carbonyl (C=O) groups excluding carboxylic acids is 1. The van der Waals surface area contributed by atoms with Gasteiger partial charge in [0.05, 0.1) is 18.6 Å². The first-order valence-corrected chi connectivity index (χ1v) is 5.93. The van der Waals surface area contributed by atoms with Gasteiger partial charge in [0.2, 0.25) is 0 Å². The third-order valence-electron chi connectivity index (χ3n) is 2.59. The van der Waals surface area contributed by atoms with Crippen LogP contribution in [-0.2, 0) is 4.74 Å². The van der Waals surface area contributed by atoms with Gasteiger partial charge in [0, 0.05) is 24.0 Å². The van der Waals surface area contributed by atoms with E-state index < -0.39 is 0 Å². The Morgan fingerprint density at radius 1 is 1.67 bits per heavy atom. The standard InChI is InChI=1S/C11H14O3S/c1-13-9-5-10(15-7-9)11(12)8-3-2-4-14-6-8/h5,7-8H,2-4,6H2,1H3. The number of hydrogen-bond acceptors (Lipinski definition) is 4. The highest BCUT2D eigenvalue weighted by atomic mass is 32.1. The first-order valence-electron chi connectivity index (χ1n) is 5.05. The number of ether oxygens (including phenoxy) is 2. The van der Waals surface area contributed by atoms with Crippen molar-refractivity contribution in [2.24, 2.45) is 5.92 Å². The average molecular weight is 226 g/mol. The fraction of sp³-hybridized carbons (Fsp3) is 0.545. The number of rotatable bonds is 3. The van der Waals surface area contributed by atoms with E-state index in [1.54, 1.807) is 7.11 Å². The Morgan fingerprint density at radius 3 is 3.13 bits per heavy atom. The zero-order valence-electron chi connectivity index (χ0n) is 8.69. The van der Waals surface area contributed by atoms with Crippen molar-refractivity contribution in [1.29, 1.82) is 0 Å². The van der Waals surface area contributed by atoms with Gasteiger partial charge < -0.3 is 9.47 Å². The van der Waals surface area contributed by atoms with Gasteiger partial charge in [0.25, 0.3) is 0 Å². The van der Waals surface area contributed by atoms with E-state index in [0.717, 1.165) is 30.1 Å². The van der Waals surface area contributed by atoms with Crippen LogP contribution in [0.4, 0.5) is 0 Å². The van der Waals surface area contributed by atoms with Crippen molar-refractivity contribution in [3.63, 3.8) is 0 Å². The van der Waals surface area contributed by atoms with Crippen molar-refractivity contribution in [3.05, 3.63) is 16.3 Å². The quantitative estimate of drug-likeness (QED) is 0.742. The van der Waals surface area contributed by atoms with Gasteiger partial charge in [0.15, 0.2) is 5.78 Å². The Bertz CT molecular complexity index is 339. The Labute approximate surface area is 93.0 Å². The molecule has 1 aromatic rings. The number of ketones is 1. The first kappa shape index (κ1) is 10.6. The second-order valence-electron chi connectivity index (χ2n) is 3.63. The summed E-state index contributed by atoms with van der Waals surface area (Å²) in [6.45, 7) is 1.36. The molecule has 1 aliphatic rings. The summed E-state index contributed by atoms with van der Waals surface area (Å²) in [4.78, 5) is 12.8. The van der Waals surface area contributed by atoms with Crippen LogP contribution in [0.1, 0.15) is 22.5 Å². The molecule has 0 bridgehead atoms. The third kappa shape index (κ3) is 2.38. The summed E-state index contributed by atoms with van der Waals surface area (Å²) in [5.74, 6) is 1.00. The zero-order chi connectivity index (χ0) is 10.7. The van der Waals surface area contributed by atoms with Crippen molar-refractivity contribution in [2.45, 2.75) is 12.8 Å². The molecule has 1 unspecified atom stereocenters. The van der Waals surface area contributed by atoms with Crippen molar-refractivity contribution < 1.29 is 14.3 Å². The molecule has 0 aliphatic carbocycles. The molecule has 2 rings (SSSR count). The van der Waals surface area contributed by atoms with Gasteiger partial charge in [-0.2, -0.15) is 0 Å². The van der Waals surface area contributed by atoms with Crippen LogP contribution < -0.4 is 4.74 Å². The maximum Gasteiger partial charge on any atom is 0.178 e. The largest absolute Gasteiger partial charge is 0.496 e. The van der Waals surface area contributed by atoms with Gasteiger partial charge in [-0.1, -0.05) is 0 Å². The molecule has 0 aromatic carbocycles. The minimum absolute atomic E-state index is 0.0436. The minimum Gasteiger partial charge on any atom is -0.496 e. The van der Waals surface area contributed by atoms with Crippen molar-refractivity contribution in [1.82, 2.24) is 0 Å². The van der Waals surface area contributed by atoms with E-state index in [1.165, 1.54) is 11.3 Å². The topological polar surface area (TPSA) is 35.5 Å². The van der Waals surface area contributed by atoms with E-state index in [0.29, 0.717) is 6.61 Å². The summed E-state index contributed by atoms with van der Waals surface area (Å²) in [7, 11) is 1.61. The predicted octanol–water partition coefficient (Wildman–Crippen LogP) is 2.37. The summed E-state index contributed by atoms with van der Waals surface area (Å²) in [6, 6.07) is 1.81. The van der Waals surface area contributed by atoms with Gasteiger partial charge >= 0.3 is 0 Å². The fourth-order valence-electron chi connectivity index (χ4n) is 1.70. The summed E-state index contributed by atoms with van der Waals surface area (Å²) in [5, 5.41) is 1.86. The van der Waals surface area contributed by atoms with E-state index >= 15 is 0 Å². The molecule has 0 N–H and O–H groups in total. The maximum atomic E-state index is 12.0. The lowest BCUT2D eigenvalue weighted by molar-refractivity contribution is 0.0464. The molecule has 1 aliphatic heterocycles. The lowest BCUT2D eigenvalue weighted by Gasteiger charge is -2.19. The number of carbonyl (C=O) groups is 1. The second kappa shape index (κ2) is 4.77. The number of methoxy groups -OCH3 is 1. The van der Waals surface area contributed by atoms with Crippen LogP contribution >= 0.6 is 11.3 Å². The lowest BCUT2D eigenvalue weighted by atomic mass is 9.96. The number of thiophene rings is 1. The lowest BCUT2D eigenvalue weighted by Crippen LogP contribution is -2.24. The first-order chi connectivity index (χ1) is 7.31. The van der Waals surface area contributed by atoms with E-state index in [2.05, 4.69) is 0 Å². The van der Waals surface area contributed by atoms with E-state index in [9.17, 15) is 4.79 Å². The normalized spacial score (nSPS) is 21.3. The molecule has 0 spiro atoms. The molecule has 82 valence electrons.